The molecule has 0 unspecified atom stereocenters. The molecule has 31 heavy (non-hydrogen) atoms. The van der Waals surface area contributed by atoms with Crippen LogP contribution in [-0.4, -0.2) is 17.5 Å². The van der Waals surface area contributed by atoms with Crippen molar-refractivity contribution in [1.82, 2.24) is 4.98 Å². The Morgan fingerprint density at radius 3 is 2.42 bits per heavy atom. The summed E-state index contributed by atoms with van der Waals surface area (Å²) < 4.78 is 11.5. The van der Waals surface area contributed by atoms with E-state index in [2.05, 4.69) is 30.2 Å². The lowest BCUT2D eigenvalue weighted by Crippen LogP contribution is -2.20. The van der Waals surface area contributed by atoms with E-state index in [1.165, 1.54) is 11.1 Å². The van der Waals surface area contributed by atoms with Gasteiger partial charge in [0.15, 0.2) is 18.1 Å². The molecular weight excluding hydrogens is 388 g/mol. The number of fused-ring (bicyclic) bond motifs is 1. The van der Waals surface area contributed by atoms with Crippen molar-refractivity contribution < 1.29 is 13.9 Å². The van der Waals surface area contributed by atoms with Gasteiger partial charge in [0.2, 0.25) is 0 Å². The van der Waals surface area contributed by atoms with Gasteiger partial charge in [-0.15, -0.1) is 0 Å². The Morgan fingerprint density at radius 1 is 1.00 bits per heavy atom. The van der Waals surface area contributed by atoms with Crippen LogP contribution in [-0.2, 0) is 17.6 Å². The van der Waals surface area contributed by atoms with Gasteiger partial charge in [-0.1, -0.05) is 37.3 Å². The number of ether oxygens (including phenoxy) is 1. The molecule has 0 aliphatic heterocycles. The highest BCUT2D eigenvalue weighted by atomic mass is 16.5. The average molecular weight is 415 g/mol. The summed E-state index contributed by atoms with van der Waals surface area (Å²) in [5.74, 6) is 1.17. The molecule has 1 aromatic heterocycles. The molecule has 158 valence electrons. The van der Waals surface area contributed by atoms with Crippen molar-refractivity contribution in [3.8, 4) is 5.75 Å². The monoisotopic (exact) mass is 414 g/mol. The minimum Gasteiger partial charge on any atom is -0.484 e. The van der Waals surface area contributed by atoms with E-state index >= 15 is 0 Å². The van der Waals surface area contributed by atoms with Gasteiger partial charge in [-0.05, 0) is 72.9 Å². The van der Waals surface area contributed by atoms with E-state index in [1.54, 1.807) is 0 Å². The van der Waals surface area contributed by atoms with Crippen LogP contribution in [0.15, 0.2) is 65.1 Å². The number of oxazole rings is 1. The maximum atomic E-state index is 12.2. The minimum absolute atomic E-state index is 0.0328. The Morgan fingerprint density at radius 2 is 1.71 bits per heavy atom. The fraction of sp³-hybridized carbons (Fsp3) is 0.231. The van der Waals surface area contributed by atoms with E-state index < -0.39 is 0 Å². The molecule has 5 nitrogen and oxygen atoms in total. The molecule has 1 heterocycles. The first-order valence-corrected chi connectivity index (χ1v) is 10.5. The number of amides is 1. The fourth-order valence-corrected chi connectivity index (χ4v) is 3.55. The van der Waals surface area contributed by atoms with Gasteiger partial charge in [-0.2, -0.15) is 0 Å². The second-order valence-corrected chi connectivity index (χ2v) is 7.75. The number of rotatable bonds is 7. The molecule has 4 rings (SSSR count). The maximum Gasteiger partial charge on any atom is 0.262 e. The minimum atomic E-state index is -0.197. The SMILES string of the molecule is CCc1ccc(OCC(=O)Nc2ccc(Cc3nc4cc(C)cc(C)c4o3)cc2)cc1. The number of hydrogen-bond acceptors (Lipinski definition) is 4. The molecule has 4 aromatic rings. The smallest absolute Gasteiger partial charge is 0.262 e. The molecule has 0 saturated carbocycles. The quantitative estimate of drug-likeness (QED) is 0.427. The first kappa shape index (κ1) is 20.7. The topological polar surface area (TPSA) is 64.4 Å². The van der Waals surface area contributed by atoms with Crippen LogP contribution in [0.2, 0.25) is 0 Å². The number of aryl methyl sites for hydroxylation is 3. The molecule has 0 atom stereocenters. The van der Waals surface area contributed by atoms with Crippen molar-refractivity contribution in [3.05, 3.63) is 88.8 Å². The molecule has 1 amide bonds. The predicted molar refractivity (Wildman–Crippen MR) is 123 cm³/mol. The lowest BCUT2D eigenvalue weighted by Gasteiger charge is -2.08. The van der Waals surface area contributed by atoms with Gasteiger partial charge in [-0.3, -0.25) is 4.79 Å². The first-order valence-electron chi connectivity index (χ1n) is 10.5. The van der Waals surface area contributed by atoms with Gasteiger partial charge in [-0.25, -0.2) is 4.98 Å². The summed E-state index contributed by atoms with van der Waals surface area (Å²) in [6.45, 7) is 6.16. The highest BCUT2D eigenvalue weighted by Crippen LogP contribution is 2.23. The zero-order valence-electron chi connectivity index (χ0n) is 18.1. The molecule has 0 fully saturated rings. The standard InChI is InChI=1S/C26H26N2O3/c1-4-19-7-11-22(12-8-19)30-16-24(29)27-21-9-5-20(6-10-21)15-25-28-23-14-17(2)13-18(3)26(23)31-25/h5-14H,4,15-16H2,1-3H3,(H,27,29). The third kappa shape index (κ3) is 5.12. The maximum absolute atomic E-state index is 12.2. The van der Waals surface area contributed by atoms with Crippen LogP contribution >= 0.6 is 0 Å². The Hall–Kier alpha value is -3.60. The summed E-state index contributed by atoms with van der Waals surface area (Å²) in [7, 11) is 0. The van der Waals surface area contributed by atoms with Gasteiger partial charge >= 0.3 is 0 Å². The molecule has 1 N–H and O–H groups in total. The third-order valence-corrected chi connectivity index (χ3v) is 5.16. The van der Waals surface area contributed by atoms with E-state index in [-0.39, 0.29) is 12.5 Å². The van der Waals surface area contributed by atoms with Crippen LogP contribution in [0.3, 0.4) is 0 Å². The molecule has 0 aliphatic carbocycles. The van der Waals surface area contributed by atoms with E-state index in [9.17, 15) is 4.79 Å². The Balaban J connectivity index is 1.33. The first-order chi connectivity index (χ1) is 15.0. The van der Waals surface area contributed by atoms with E-state index in [1.807, 2.05) is 61.5 Å². The van der Waals surface area contributed by atoms with Crippen LogP contribution < -0.4 is 10.1 Å². The van der Waals surface area contributed by atoms with Crippen molar-refractivity contribution in [2.45, 2.75) is 33.6 Å². The highest BCUT2D eigenvalue weighted by Gasteiger charge is 2.10. The number of nitrogens with one attached hydrogen (secondary N) is 1. The van der Waals surface area contributed by atoms with E-state index in [0.717, 1.165) is 34.3 Å². The van der Waals surface area contributed by atoms with Crippen LogP contribution in [0, 0.1) is 13.8 Å². The summed E-state index contributed by atoms with van der Waals surface area (Å²) >= 11 is 0. The van der Waals surface area contributed by atoms with Crippen LogP contribution in [0.25, 0.3) is 11.1 Å². The molecule has 3 aromatic carbocycles. The van der Waals surface area contributed by atoms with Gasteiger partial charge in [0, 0.05) is 12.1 Å². The van der Waals surface area contributed by atoms with Crippen molar-refractivity contribution in [2.24, 2.45) is 0 Å². The van der Waals surface area contributed by atoms with E-state index in [4.69, 9.17) is 9.15 Å². The van der Waals surface area contributed by atoms with Gasteiger partial charge in [0.1, 0.15) is 11.3 Å². The number of nitrogens with zero attached hydrogens (tertiary/aromatic N) is 1. The number of benzene rings is 3. The van der Waals surface area contributed by atoms with Crippen molar-refractivity contribution in [3.63, 3.8) is 0 Å². The van der Waals surface area contributed by atoms with Crippen LogP contribution in [0.5, 0.6) is 5.75 Å². The van der Waals surface area contributed by atoms with Crippen molar-refractivity contribution in [1.29, 1.82) is 0 Å². The number of carbonyl (C=O) groups is 1. The Kier molecular flexibility index (Phi) is 6.03. The number of anilines is 1. The van der Waals surface area contributed by atoms with Gasteiger partial charge in [0.05, 0.1) is 0 Å². The molecule has 0 spiro atoms. The largest absolute Gasteiger partial charge is 0.484 e. The van der Waals surface area contributed by atoms with Gasteiger partial charge in [0.25, 0.3) is 5.91 Å². The molecule has 0 bridgehead atoms. The summed E-state index contributed by atoms with van der Waals surface area (Å²) in [6, 6.07) is 19.6. The van der Waals surface area contributed by atoms with Crippen LogP contribution in [0.4, 0.5) is 5.69 Å². The molecule has 5 heteroatoms. The highest BCUT2D eigenvalue weighted by molar-refractivity contribution is 5.91. The molecule has 0 saturated heterocycles. The lowest BCUT2D eigenvalue weighted by atomic mass is 10.1. The lowest BCUT2D eigenvalue weighted by molar-refractivity contribution is -0.118. The summed E-state index contributed by atoms with van der Waals surface area (Å²) in [5.41, 5.74) is 7.02. The average Bonchev–Trinajstić information content (AvgIpc) is 3.16. The summed E-state index contributed by atoms with van der Waals surface area (Å²) in [6.07, 6.45) is 1.57. The number of aromatic nitrogens is 1. The normalized spacial score (nSPS) is 10.9. The second-order valence-electron chi connectivity index (χ2n) is 7.75. The summed E-state index contributed by atoms with van der Waals surface area (Å²) in [4.78, 5) is 16.8. The van der Waals surface area contributed by atoms with E-state index in [0.29, 0.717) is 18.1 Å². The van der Waals surface area contributed by atoms with Crippen molar-refractivity contribution in [2.75, 3.05) is 11.9 Å². The fourth-order valence-electron chi connectivity index (χ4n) is 3.55. The molecular formula is C26H26N2O3. The zero-order valence-corrected chi connectivity index (χ0v) is 18.1. The van der Waals surface area contributed by atoms with Gasteiger partial charge < -0.3 is 14.5 Å². The third-order valence-electron chi connectivity index (χ3n) is 5.16. The summed E-state index contributed by atoms with van der Waals surface area (Å²) in [5, 5.41) is 2.86. The Labute approximate surface area is 182 Å². The van der Waals surface area contributed by atoms with Crippen LogP contribution in [0.1, 0.15) is 35.1 Å². The Bertz CT molecular complexity index is 1190. The second kappa shape index (κ2) is 9.04. The predicted octanol–water partition coefficient (Wildman–Crippen LogP) is 5.62. The van der Waals surface area contributed by atoms with Crippen molar-refractivity contribution >= 4 is 22.7 Å². The number of hydrogen-bond donors (Lipinski definition) is 1. The molecule has 0 radical (unpaired) electrons. The molecule has 0 aliphatic rings. The number of carbonyl (C=O) groups excluding carboxylic acids is 1. The zero-order chi connectivity index (χ0) is 21.8.